The Morgan fingerprint density at radius 2 is 2.20 bits per heavy atom. The first-order valence-electron chi connectivity index (χ1n) is 5.86. The lowest BCUT2D eigenvalue weighted by molar-refractivity contribution is 0.349. The van der Waals surface area contributed by atoms with Gasteiger partial charge in [0.2, 0.25) is 0 Å². The number of methoxy groups -OCH3 is 1. The Hall–Kier alpha value is -2.68. The van der Waals surface area contributed by atoms with Crippen LogP contribution in [-0.4, -0.2) is 16.7 Å². The van der Waals surface area contributed by atoms with Crippen LogP contribution in [0, 0.1) is 24.1 Å². The highest BCUT2D eigenvalue weighted by atomic mass is 19.1. The van der Waals surface area contributed by atoms with E-state index in [1.807, 2.05) is 6.07 Å². The summed E-state index contributed by atoms with van der Waals surface area (Å²) < 4.78 is 20.1. The summed E-state index contributed by atoms with van der Waals surface area (Å²) in [5.74, 6) is -0.543. The van der Waals surface area contributed by atoms with Gasteiger partial charge in [-0.3, -0.25) is 9.36 Å². The molecule has 0 aliphatic rings. The molecule has 2 aromatic rings. The zero-order chi connectivity index (χ0) is 14.7. The van der Waals surface area contributed by atoms with Gasteiger partial charge in [-0.25, -0.2) is 9.37 Å². The first-order chi connectivity index (χ1) is 9.55. The maximum Gasteiger partial charge on any atom is 0.299 e. The Morgan fingerprint density at radius 3 is 2.80 bits per heavy atom. The number of aryl methyl sites for hydroxylation is 1. The largest absolute Gasteiger partial charge is 0.468 e. The fourth-order valence-electron chi connectivity index (χ4n) is 1.81. The summed E-state index contributed by atoms with van der Waals surface area (Å²) in [5, 5.41) is 8.70. The van der Waals surface area contributed by atoms with Crippen LogP contribution in [-0.2, 0) is 6.54 Å². The number of aromatic nitrogens is 2. The van der Waals surface area contributed by atoms with Crippen LogP contribution >= 0.6 is 0 Å². The first kappa shape index (κ1) is 13.7. The van der Waals surface area contributed by atoms with E-state index in [2.05, 4.69) is 4.98 Å². The van der Waals surface area contributed by atoms with Crippen molar-refractivity contribution in [2.75, 3.05) is 7.11 Å². The van der Waals surface area contributed by atoms with Gasteiger partial charge in [-0.05, 0) is 19.1 Å². The van der Waals surface area contributed by atoms with Crippen molar-refractivity contribution < 1.29 is 9.13 Å². The Bertz CT molecular complexity index is 747. The number of ether oxygens (including phenoxy) is 1. The number of halogens is 1. The third-order valence-corrected chi connectivity index (χ3v) is 2.79. The first-order valence-corrected chi connectivity index (χ1v) is 5.86. The average molecular weight is 273 g/mol. The highest BCUT2D eigenvalue weighted by Crippen LogP contribution is 2.13. The van der Waals surface area contributed by atoms with Crippen molar-refractivity contribution in [3.05, 3.63) is 57.3 Å². The van der Waals surface area contributed by atoms with E-state index in [4.69, 9.17) is 10.00 Å². The summed E-state index contributed by atoms with van der Waals surface area (Å²) in [5.41, 5.74) is 0.726. The number of nitriles is 1. The standard InChI is InChI=1S/C14H12FN3O2/c1-9-5-13(19)18(14(17-9)20-2)8-11-4-3-10(7-16)6-12(11)15/h3-6H,8H2,1-2H3. The van der Waals surface area contributed by atoms with Crippen LogP contribution < -0.4 is 10.3 Å². The summed E-state index contributed by atoms with van der Waals surface area (Å²) in [6, 6.07) is 7.43. The molecule has 0 atom stereocenters. The molecular formula is C14H12FN3O2. The third-order valence-electron chi connectivity index (χ3n) is 2.79. The van der Waals surface area contributed by atoms with Crippen LogP contribution in [0.25, 0.3) is 0 Å². The highest BCUT2D eigenvalue weighted by Gasteiger charge is 2.11. The molecule has 0 aliphatic heterocycles. The summed E-state index contributed by atoms with van der Waals surface area (Å²) in [7, 11) is 1.40. The van der Waals surface area contributed by atoms with Gasteiger partial charge in [-0.1, -0.05) is 6.07 Å². The second-order valence-corrected chi connectivity index (χ2v) is 4.23. The van der Waals surface area contributed by atoms with E-state index in [-0.39, 0.29) is 29.2 Å². The van der Waals surface area contributed by atoms with E-state index >= 15 is 0 Å². The Kier molecular flexibility index (Phi) is 3.80. The molecule has 6 heteroatoms. The number of rotatable bonds is 3. The molecular weight excluding hydrogens is 261 g/mol. The third kappa shape index (κ3) is 2.67. The molecule has 0 saturated carbocycles. The molecule has 0 spiro atoms. The minimum atomic E-state index is -0.543. The molecule has 0 N–H and O–H groups in total. The van der Waals surface area contributed by atoms with E-state index in [0.29, 0.717) is 5.69 Å². The molecule has 0 amide bonds. The molecule has 0 bridgehead atoms. The van der Waals surface area contributed by atoms with Crippen molar-refractivity contribution in [3.8, 4) is 12.1 Å². The van der Waals surface area contributed by atoms with Crippen LogP contribution in [0.2, 0.25) is 0 Å². The SMILES string of the molecule is COc1nc(C)cc(=O)n1Cc1ccc(C#N)cc1F. The molecule has 2 rings (SSSR count). The van der Waals surface area contributed by atoms with E-state index in [1.165, 1.54) is 29.9 Å². The second-order valence-electron chi connectivity index (χ2n) is 4.23. The van der Waals surface area contributed by atoms with Gasteiger partial charge in [-0.15, -0.1) is 0 Å². The topological polar surface area (TPSA) is 67.9 Å². The zero-order valence-corrected chi connectivity index (χ0v) is 11.1. The summed E-state index contributed by atoms with van der Waals surface area (Å²) in [6.45, 7) is 1.67. The summed E-state index contributed by atoms with van der Waals surface area (Å²) in [4.78, 5) is 16.0. The number of nitrogens with zero attached hydrogens (tertiary/aromatic N) is 3. The maximum atomic E-state index is 13.8. The quantitative estimate of drug-likeness (QED) is 0.852. The summed E-state index contributed by atoms with van der Waals surface area (Å²) >= 11 is 0. The predicted octanol–water partition coefficient (Wildman–Crippen LogP) is 1.62. The van der Waals surface area contributed by atoms with Crippen LogP contribution in [0.15, 0.2) is 29.1 Å². The van der Waals surface area contributed by atoms with E-state index in [1.54, 1.807) is 6.92 Å². The van der Waals surface area contributed by atoms with Gasteiger partial charge in [0.05, 0.1) is 25.3 Å². The normalized spacial score (nSPS) is 10.1. The van der Waals surface area contributed by atoms with Gasteiger partial charge in [0, 0.05) is 17.3 Å². The Morgan fingerprint density at radius 1 is 1.45 bits per heavy atom. The molecule has 0 saturated heterocycles. The van der Waals surface area contributed by atoms with Gasteiger partial charge < -0.3 is 4.74 Å². The fraction of sp³-hybridized carbons (Fsp3) is 0.214. The van der Waals surface area contributed by atoms with Gasteiger partial charge in [0.15, 0.2) is 0 Å². The van der Waals surface area contributed by atoms with Crippen molar-refractivity contribution in [3.63, 3.8) is 0 Å². The number of hydrogen-bond acceptors (Lipinski definition) is 4. The molecule has 0 unspecified atom stereocenters. The second kappa shape index (κ2) is 5.53. The van der Waals surface area contributed by atoms with Crippen molar-refractivity contribution in [1.82, 2.24) is 9.55 Å². The fourth-order valence-corrected chi connectivity index (χ4v) is 1.81. The number of hydrogen-bond donors (Lipinski definition) is 0. The van der Waals surface area contributed by atoms with Gasteiger partial charge >= 0.3 is 0 Å². The van der Waals surface area contributed by atoms with Crippen LogP contribution in [0.1, 0.15) is 16.8 Å². The minimum Gasteiger partial charge on any atom is -0.468 e. The van der Waals surface area contributed by atoms with Gasteiger partial charge in [-0.2, -0.15) is 5.26 Å². The van der Waals surface area contributed by atoms with Crippen LogP contribution in [0.4, 0.5) is 4.39 Å². The van der Waals surface area contributed by atoms with Crippen LogP contribution in [0.3, 0.4) is 0 Å². The van der Waals surface area contributed by atoms with Crippen LogP contribution in [0.5, 0.6) is 6.01 Å². The lowest BCUT2D eigenvalue weighted by Crippen LogP contribution is -2.23. The molecule has 0 fully saturated rings. The van der Waals surface area contributed by atoms with E-state index in [9.17, 15) is 9.18 Å². The molecule has 5 nitrogen and oxygen atoms in total. The lowest BCUT2D eigenvalue weighted by atomic mass is 10.1. The minimum absolute atomic E-state index is 0.00711. The van der Waals surface area contributed by atoms with Crippen molar-refractivity contribution in [2.24, 2.45) is 0 Å². The van der Waals surface area contributed by atoms with Gasteiger partial charge in [0.1, 0.15) is 5.82 Å². The molecule has 1 aromatic carbocycles. The molecule has 0 aliphatic carbocycles. The summed E-state index contributed by atoms with van der Waals surface area (Å²) in [6.07, 6.45) is 0. The predicted molar refractivity (Wildman–Crippen MR) is 70.0 cm³/mol. The van der Waals surface area contributed by atoms with Crippen molar-refractivity contribution >= 4 is 0 Å². The molecule has 20 heavy (non-hydrogen) atoms. The molecule has 1 heterocycles. The monoisotopic (exact) mass is 273 g/mol. The zero-order valence-electron chi connectivity index (χ0n) is 11.1. The Labute approximate surface area is 114 Å². The van der Waals surface area contributed by atoms with Crippen molar-refractivity contribution in [1.29, 1.82) is 5.26 Å². The van der Waals surface area contributed by atoms with Crippen molar-refractivity contribution in [2.45, 2.75) is 13.5 Å². The molecule has 102 valence electrons. The Balaban J connectivity index is 2.45. The molecule has 0 radical (unpaired) electrons. The van der Waals surface area contributed by atoms with E-state index < -0.39 is 5.82 Å². The van der Waals surface area contributed by atoms with E-state index in [0.717, 1.165) is 6.07 Å². The smallest absolute Gasteiger partial charge is 0.299 e. The van der Waals surface area contributed by atoms with Gasteiger partial charge in [0.25, 0.3) is 11.6 Å². The highest BCUT2D eigenvalue weighted by molar-refractivity contribution is 5.33. The molecule has 1 aromatic heterocycles. The maximum absolute atomic E-state index is 13.8. The lowest BCUT2D eigenvalue weighted by Gasteiger charge is -2.11. The average Bonchev–Trinajstić information content (AvgIpc) is 2.42. The number of benzene rings is 1.